The van der Waals surface area contributed by atoms with Crippen molar-refractivity contribution in [1.29, 1.82) is 0 Å². The highest BCUT2D eigenvalue weighted by Gasteiger charge is 2.43. The molecular formula is C13H17N3O2S. The van der Waals surface area contributed by atoms with E-state index in [0.717, 1.165) is 5.56 Å². The Hall–Kier alpha value is -1.24. The van der Waals surface area contributed by atoms with Gasteiger partial charge in [0.1, 0.15) is 0 Å². The fourth-order valence-electron chi connectivity index (χ4n) is 2.22. The van der Waals surface area contributed by atoms with Gasteiger partial charge in [0.15, 0.2) is 0 Å². The molecule has 0 spiro atoms. The molecule has 102 valence electrons. The van der Waals surface area contributed by atoms with Crippen molar-refractivity contribution in [3.63, 3.8) is 0 Å². The van der Waals surface area contributed by atoms with E-state index in [1.54, 1.807) is 11.3 Å². The Morgan fingerprint density at radius 1 is 1.53 bits per heavy atom. The van der Waals surface area contributed by atoms with Crippen molar-refractivity contribution in [2.24, 2.45) is 5.92 Å². The van der Waals surface area contributed by atoms with Crippen LogP contribution in [0.25, 0.3) is 11.4 Å². The van der Waals surface area contributed by atoms with E-state index in [4.69, 9.17) is 4.52 Å². The predicted octanol–water partition coefficient (Wildman–Crippen LogP) is 2.00. The van der Waals surface area contributed by atoms with Crippen LogP contribution < -0.4 is 0 Å². The number of β-amino-alcohol motifs (C(OH)–C–C–N with tert-alkyl or cyclic N) is 1. The fourth-order valence-corrected chi connectivity index (χ4v) is 2.86. The molecule has 3 rings (SSSR count). The average Bonchev–Trinajstić information content (AvgIpc) is 2.96. The summed E-state index contributed by atoms with van der Waals surface area (Å²) in [5.41, 5.74) is 0.429. The molecule has 0 bridgehead atoms. The largest absolute Gasteiger partial charge is 0.387 e. The maximum absolute atomic E-state index is 10.2. The third kappa shape index (κ3) is 2.43. The molecule has 0 unspecified atom stereocenters. The van der Waals surface area contributed by atoms with Crippen LogP contribution in [0.5, 0.6) is 0 Å². The minimum Gasteiger partial charge on any atom is -0.387 e. The maximum Gasteiger partial charge on any atom is 0.241 e. The van der Waals surface area contributed by atoms with Gasteiger partial charge < -0.3 is 9.63 Å². The lowest BCUT2D eigenvalue weighted by molar-refractivity contribution is -0.133. The molecule has 0 radical (unpaired) electrons. The first-order valence-electron chi connectivity index (χ1n) is 6.37. The number of hydrogen-bond donors (Lipinski definition) is 1. The third-order valence-electron chi connectivity index (χ3n) is 3.68. The SMILES string of the molecule is CC(C)C1(O)CN(Cc2nc(-c3ccsc3)no2)C1. The van der Waals surface area contributed by atoms with Crippen LogP contribution in [0.15, 0.2) is 21.3 Å². The van der Waals surface area contributed by atoms with Gasteiger partial charge in [-0.25, -0.2) is 0 Å². The van der Waals surface area contributed by atoms with Gasteiger partial charge in [-0.15, -0.1) is 0 Å². The van der Waals surface area contributed by atoms with E-state index in [2.05, 4.69) is 15.0 Å². The average molecular weight is 279 g/mol. The predicted molar refractivity (Wildman–Crippen MR) is 72.7 cm³/mol. The minimum atomic E-state index is -0.559. The lowest BCUT2D eigenvalue weighted by atomic mass is 9.83. The molecule has 3 heterocycles. The second-order valence-corrected chi connectivity index (χ2v) is 6.21. The highest BCUT2D eigenvalue weighted by Crippen LogP contribution is 2.29. The Balaban J connectivity index is 1.61. The number of aromatic nitrogens is 2. The molecule has 2 aromatic heterocycles. The number of hydrogen-bond acceptors (Lipinski definition) is 6. The second kappa shape index (κ2) is 4.70. The molecule has 0 aliphatic carbocycles. The van der Waals surface area contributed by atoms with Crippen LogP contribution in [0.1, 0.15) is 19.7 Å². The summed E-state index contributed by atoms with van der Waals surface area (Å²) in [5, 5.41) is 18.1. The second-order valence-electron chi connectivity index (χ2n) is 5.43. The van der Waals surface area contributed by atoms with Crippen molar-refractivity contribution in [2.75, 3.05) is 13.1 Å². The molecule has 19 heavy (non-hydrogen) atoms. The Morgan fingerprint density at radius 3 is 2.95 bits per heavy atom. The lowest BCUT2D eigenvalue weighted by Crippen LogP contribution is -2.63. The van der Waals surface area contributed by atoms with Crippen molar-refractivity contribution in [2.45, 2.75) is 26.0 Å². The van der Waals surface area contributed by atoms with E-state index < -0.39 is 5.60 Å². The first kappa shape index (κ1) is 12.8. The van der Waals surface area contributed by atoms with Crippen LogP contribution in [0.2, 0.25) is 0 Å². The van der Waals surface area contributed by atoms with Crippen LogP contribution in [-0.4, -0.2) is 38.8 Å². The number of likely N-dealkylation sites (tertiary alicyclic amines) is 1. The Labute approximate surface area is 115 Å². The molecule has 1 aliphatic heterocycles. The van der Waals surface area contributed by atoms with E-state index in [1.165, 1.54) is 0 Å². The zero-order chi connectivity index (χ0) is 13.5. The van der Waals surface area contributed by atoms with Gasteiger partial charge in [-0.3, -0.25) is 4.90 Å². The van der Waals surface area contributed by atoms with Gasteiger partial charge >= 0.3 is 0 Å². The van der Waals surface area contributed by atoms with Gasteiger partial charge in [-0.1, -0.05) is 19.0 Å². The molecule has 2 aromatic rings. The quantitative estimate of drug-likeness (QED) is 0.927. The summed E-state index contributed by atoms with van der Waals surface area (Å²) in [5.74, 6) is 1.51. The Bertz CT molecular complexity index is 544. The molecule has 6 heteroatoms. The van der Waals surface area contributed by atoms with Crippen molar-refractivity contribution >= 4 is 11.3 Å². The summed E-state index contributed by atoms with van der Waals surface area (Å²) in [6, 6.07) is 1.97. The zero-order valence-corrected chi connectivity index (χ0v) is 11.9. The highest BCUT2D eigenvalue weighted by atomic mass is 32.1. The van der Waals surface area contributed by atoms with Gasteiger partial charge in [0.2, 0.25) is 11.7 Å². The summed E-state index contributed by atoms with van der Waals surface area (Å²) in [6.45, 7) is 6.02. The molecule has 1 N–H and O–H groups in total. The van der Waals surface area contributed by atoms with Crippen LogP contribution in [0, 0.1) is 5.92 Å². The summed E-state index contributed by atoms with van der Waals surface area (Å²) in [6.07, 6.45) is 0. The topological polar surface area (TPSA) is 62.4 Å². The van der Waals surface area contributed by atoms with Crippen molar-refractivity contribution in [1.82, 2.24) is 15.0 Å². The van der Waals surface area contributed by atoms with E-state index in [1.807, 2.05) is 30.7 Å². The number of thiophene rings is 1. The monoisotopic (exact) mass is 279 g/mol. The first-order valence-corrected chi connectivity index (χ1v) is 7.31. The fraction of sp³-hybridized carbons (Fsp3) is 0.538. The summed E-state index contributed by atoms with van der Waals surface area (Å²) in [7, 11) is 0. The van der Waals surface area contributed by atoms with Gasteiger partial charge in [-0.2, -0.15) is 16.3 Å². The van der Waals surface area contributed by atoms with E-state index in [-0.39, 0.29) is 5.92 Å². The lowest BCUT2D eigenvalue weighted by Gasteiger charge is -2.48. The summed E-state index contributed by atoms with van der Waals surface area (Å²) < 4.78 is 5.24. The number of aliphatic hydroxyl groups is 1. The van der Waals surface area contributed by atoms with Crippen LogP contribution in [0.3, 0.4) is 0 Å². The van der Waals surface area contributed by atoms with Crippen molar-refractivity contribution in [3.05, 3.63) is 22.7 Å². The van der Waals surface area contributed by atoms with Crippen LogP contribution in [-0.2, 0) is 6.54 Å². The summed E-state index contributed by atoms with van der Waals surface area (Å²) >= 11 is 1.61. The van der Waals surface area contributed by atoms with Crippen LogP contribution in [0.4, 0.5) is 0 Å². The molecule has 0 aromatic carbocycles. The maximum atomic E-state index is 10.2. The smallest absolute Gasteiger partial charge is 0.241 e. The molecule has 5 nitrogen and oxygen atoms in total. The van der Waals surface area contributed by atoms with Gasteiger partial charge in [0.25, 0.3) is 0 Å². The van der Waals surface area contributed by atoms with Gasteiger partial charge in [0, 0.05) is 24.0 Å². The van der Waals surface area contributed by atoms with Gasteiger partial charge in [0.05, 0.1) is 12.1 Å². The molecule has 1 fully saturated rings. The minimum absolute atomic E-state index is 0.271. The summed E-state index contributed by atoms with van der Waals surface area (Å²) in [4.78, 5) is 6.49. The molecule has 0 amide bonds. The molecule has 1 aliphatic rings. The van der Waals surface area contributed by atoms with E-state index in [9.17, 15) is 5.11 Å². The third-order valence-corrected chi connectivity index (χ3v) is 4.36. The molecule has 0 saturated carbocycles. The zero-order valence-electron chi connectivity index (χ0n) is 11.0. The molecule has 0 atom stereocenters. The van der Waals surface area contributed by atoms with E-state index in [0.29, 0.717) is 31.3 Å². The van der Waals surface area contributed by atoms with Crippen molar-refractivity contribution < 1.29 is 9.63 Å². The standard InChI is InChI=1S/C13H17N3O2S/c1-9(2)13(17)7-16(8-13)5-11-14-12(15-18-11)10-3-4-19-6-10/h3-4,6,9,17H,5,7-8H2,1-2H3. The highest BCUT2D eigenvalue weighted by molar-refractivity contribution is 7.08. The van der Waals surface area contributed by atoms with Gasteiger partial charge in [-0.05, 0) is 17.4 Å². The molecule has 1 saturated heterocycles. The Morgan fingerprint density at radius 2 is 2.32 bits per heavy atom. The number of nitrogens with zero attached hydrogens (tertiary/aromatic N) is 3. The number of rotatable bonds is 4. The normalized spacial score (nSPS) is 18.7. The molecular weight excluding hydrogens is 262 g/mol. The van der Waals surface area contributed by atoms with Crippen LogP contribution >= 0.6 is 11.3 Å². The van der Waals surface area contributed by atoms with Crippen molar-refractivity contribution in [3.8, 4) is 11.4 Å². The first-order chi connectivity index (χ1) is 9.07. The Kier molecular flexibility index (Phi) is 3.16. The van der Waals surface area contributed by atoms with E-state index >= 15 is 0 Å².